The highest BCUT2D eigenvalue weighted by molar-refractivity contribution is 9.09. The van der Waals surface area contributed by atoms with Crippen molar-refractivity contribution in [2.24, 2.45) is 16.8 Å². The quantitative estimate of drug-likeness (QED) is 0.520. The highest BCUT2D eigenvalue weighted by Gasteiger charge is 2.29. The van der Waals surface area contributed by atoms with E-state index in [1.54, 1.807) is 26.3 Å². The zero-order valence-corrected chi connectivity index (χ0v) is 22.1. The highest BCUT2D eigenvalue weighted by Crippen LogP contribution is 2.32. The number of rotatable bonds is 7. The molecule has 1 saturated carbocycles. The van der Waals surface area contributed by atoms with Crippen LogP contribution in [0, 0.1) is 11.8 Å². The fourth-order valence-corrected chi connectivity index (χ4v) is 5.65. The molecule has 1 aliphatic heterocycles. The van der Waals surface area contributed by atoms with Crippen LogP contribution in [0.5, 0.6) is 0 Å². The van der Waals surface area contributed by atoms with Crippen LogP contribution in [0.2, 0.25) is 5.02 Å². The zero-order valence-electron chi connectivity index (χ0n) is 19.7. The molecule has 184 valence electrons. The summed E-state index contributed by atoms with van der Waals surface area (Å²) in [6.07, 6.45) is 10.5. The van der Waals surface area contributed by atoms with Gasteiger partial charge in [-0.3, -0.25) is 9.69 Å². The highest BCUT2D eigenvalue weighted by atomic mass is 79.9. The van der Waals surface area contributed by atoms with Gasteiger partial charge in [0.05, 0.1) is 11.9 Å². The third-order valence-electron chi connectivity index (χ3n) is 6.80. The van der Waals surface area contributed by atoms with E-state index in [0.717, 1.165) is 49.9 Å². The van der Waals surface area contributed by atoms with E-state index in [4.69, 9.17) is 16.3 Å². The van der Waals surface area contributed by atoms with E-state index in [9.17, 15) is 4.79 Å². The Kier molecular flexibility index (Phi) is 8.74. The molecule has 1 saturated heterocycles. The van der Waals surface area contributed by atoms with Gasteiger partial charge in [0.15, 0.2) is 0 Å². The fraction of sp³-hybridized carbons (Fsp3) is 0.583. The smallest absolute Gasteiger partial charge is 0.253 e. The first-order valence-corrected chi connectivity index (χ1v) is 13.3. The molecule has 4 rings (SSSR count). The molecular weight excluding hydrogens is 520 g/mol. The zero-order chi connectivity index (χ0) is 24.1. The Hall–Kier alpha value is -1.81. The number of nitrogens with zero attached hydrogens (tertiary/aromatic N) is 5. The van der Waals surface area contributed by atoms with E-state index in [1.165, 1.54) is 25.5 Å². The lowest BCUT2D eigenvalue weighted by molar-refractivity contribution is -0.128. The number of anilines is 1. The maximum Gasteiger partial charge on any atom is 0.253 e. The molecule has 0 bridgehead atoms. The summed E-state index contributed by atoms with van der Waals surface area (Å²) in [4.78, 5) is 30.6. The van der Waals surface area contributed by atoms with Crippen LogP contribution in [-0.4, -0.2) is 89.7 Å². The summed E-state index contributed by atoms with van der Waals surface area (Å²) in [7, 11) is 3.33. The van der Waals surface area contributed by atoms with Gasteiger partial charge in [0.25, 0.3) is 11.9 Å². The van der Waals surface area contributed by atoms with Gasteiger partial charge >= 0.3 is 0 Å². The molecule has 10 heteroatoms. The van der Waals surface area contributed by atoms with Crippen molar-refractivity contribution in [2.45, 2.75) is 25.4 Å². The van der Waals surface area contributed by atoms with E-state index in [-0.39, 0.29) is 11.9 Å². The minimum atomic E-state index is -0.452. The molecular formula is C24H32BrClN6O2. The summed E-state index contributed by atoms with van der Waals surface area (Å²) in [5.41, 5.74) is 1.26. The average molecular weight is 552 g/mol. The first-order chi connectivity index (χ1) is 16.5. The van der Waals surface area contributed by atoms with Gasteiger partial charge in [-0.1, -0.05) is 27.5 Å². The summed E-state index contributed by atoms with van der Waals surface area (Å²) in [6.45, 7) is 4.52. The molecule has 3 aliphatic rings. The van der Waals surface area contributed by atoms with Gasteiger partial charge in [-0.15, -0.1) is 0 Å². The number of alkyl halides is 1. The van der Waals surface area contributed by atoms with E-state index in [2.05, 4.69) is 41.1 Å². The molecule has 3 atom stereocenters. The lowest BCUT2D eigenvalue weighted by atomic mass is 10.0. The molecule has 2 aliphatic carbocycles. The molecule has 2 heterocycles. The lowest BCUT2D eigenvalue weighted by Crippen LogP contribution is -2.50. The molecule has 1 aromatic rings. The van der Waals surface area contributed by atoms with Crippen LogP contribution in [0.25, 0.3) is 0 Å². The van der Waals surface area contributed by atoms with Crippen molar-refractivity contribution in [3.8, 4) is 0 Å². The predicted octanol–water partition coefficient (Wildman–Crippen LogP) is 3.71. The van der Waals surface area contributed by atoms with Crippen LogP contribution < -0.4 is 5.32 Å². The van der Waals surface area contributed by atoms with Crippen LogP contribution >= 0.6 is 27.5 Å². The van der Waals surface area contributed by atoms with Crippen LogP contribution in [0.15, 0.2) is 35.0 Å². The second-order valence-corrected chi connectivity index (χ2v) is 10.1. The number of methoxy groups -OCH3 is 1. The predicted molar refractivity (Wildman–Crippen MR) is 139 cm³/mol. The third kappa shape index (κ3) is 6.05. The number of nitrogens with one attached hydrogen (secondary N) is 1. The van der Waals surface area contributed by atoms with Crippen molar-refractivity contribution in [3.63, 3.8) is 0 Å². The molecule has 0 spiro atoms. The Morgan fingerprint density at radius 2 is 2.03 bits per heavy atom. The largest absolute Gasteiger partial charge is 0.372 e. The SMILES string of the molecule is CNc1nc(N=C2C=CC(C(=O)N3CCN(C[C@H]4CC[C@@H](CBr)C4)CC3)=CC2OC)ncc1Cl. The van der Waals surface area contributed by atoms with Crippen LogP contribution in [0.3, 0.4) is 0 Å². The van der Waals surface area contributed by atoms with Gasteiger partial charge in [-0.2, -0.15) is 4.98 Å². The topological polar surface area (TPSA) is 83.0 Å². The number of aliphatic imine (C=N–C) groups is 1. The summed E-state index contributed by atoms with van der Waals surface area (Å²) in [6, 6.07) is 0. The summed E-state index contributed by atoms with van der Waals surface area (Å²) in [5, 5.41) is 4.46. The standard InChI is InChI=1S/C24H32BrClN6O2/c1-27-22-19(26)14-28-24(30-22)29-20-6-5-18(12-21(20)34-2)23(33)32-9-7-31(8-10-32)15-17-4-3-16(11-17)13-25/h5-6,12,14,16-17,21H,3-4,7-11,13,15H2,1-2H3,(H,27,28,30)/t16-,17+,21?/m1/s1. The molecule has 1 unspecified atom stereocenters. The van der Waals surface area contributed by atoms with E-state index in [1.807, 2.05) is 11.0 Å². The normalized spacial score (nSPS) is 26.7. The number of piperazine rings is 1. The molecule has 1 amide bonds. The van der Waals surface area contributed by atoms with Crippen molar-refractivity contribution in [1.29, 1.82) is 0 Å². The van der Waals surface area contributed by atoms with Gasteiger partial charge in [-0.05, 0) is 49.3 Å². The minimum Gasteiger partial charge on any atom is -0.372 e. The third-order valence-corrected chi connectivity index (χ3v) is 7.99. The van der Waals surface area contributed by atoms with Gasteiger partial charge in [0, 0.05) is 57.8 Å². The summed E-state index contributed by atoms with van der Waals surface area (Å²) >= 11 is 9.68. The number of aromatic nitrogens is 2. The maximum atomic E-state index is 13.2. The summed E-state index contributed by atoms with van der Waals surface area (Å²) in [5.74, 6) is 2.45. The van der Waals surface area contributed by atoms with Gasteiger partial charge < -0.3 is 15.0 Å². The van der Waals surface area contributed by atoms with Crippen LogP contribution in [0.4, 0.5) is 11.8 Å². The molecule has 34 heavy (non-hydrogen) atoms. The molecule has 0 aromatic carbocycles. The van der Waals surface area contributed by atoms with Crippen molar-refractivity contribution < 1.29 is 9.53 Å². The van der Waals surface area contributed by atoms with E-state index < -0.39 is 6.10 Å². The number of carbonyl (C=O) groups excluding carboxylic acids is 1. The monoisotopic (exact) mass is 550 g/mol. The second-order valence-electron chi connectivity index (χ2n) is 9.06. The Bertz CT molecular complexity index is 976. The number of carbonyl (C=O) groups is 1. The van der Waals surface area contributed by atoms with Crippen molar-refractivity contribution in [3.05, 3.63) is 35.0 Å². The van der Waals surface area contributed by atoms with Gasteiger partial charge in [0.2, 0.25) is 0 Å². The van der Waals surface area contributed by atoms with E-state index >= 15 is 0 Å². The molecule has 8 nitrogen and oxygen atoms in total. The van der Waals surface area contributed by atoms with Crippen molar-refractivity contribution >= 4 is 50.9 Å². The Morgan fingerprint density at radius 3 is 2.71 bits per heavy atom. The molecule has 2 fully saturated rings. The number of hydrogen-bond acceptors (Lipinski definition) is 7. The van der Waals surface area contributed by atoms with Gasteiger partial charge in [-0.25, -0.2) is 9.98 Å². The summed E-state index contributed by atoms with van der Waals surface area (Å²) < 4.78 is 5.60. The van der Waals surface area contributed by atoms with Crippen LogP contribution in [0.1, 0.15) is 19.3 Å². The van der Waals surface area contributed by atoms with Crippen molar-refractivity contribution in [1.82, 2.24) is 19.8 Å². The second kappa shape index (κ2) is 11.7. The Balaban J connectivity index is 1.34. The molecule has 1 aromatic heterocycles. The first kappa shape index (κ1) is 25.3. The minimum absolute atomic E-state index is 0.0393. The molecule has 0 radical (unpaired) electrons. The Labute approximate surface area is 214 Å². The Morgan fingerprint density at radius 1 is 1.26 bits per heavy atom. The number of ether oxygens (including phenoxy) is 1. The van der Waals surface area contributed by atoms with Gasteiger partial charge in [0.1, 0.15) is 16.9 Å². The lowest BCUT2D eigenvalue weighted by Gasteiger charge is -2.36. The number of halogens is 2. The number of hydrogen-bond donors (Lipinski definition) is 1. The van der Waals surface area contributed by atoms with E-state index in [0.29, 0.717) is 22.1 Å². The fourth-order valence-electron chi connectivity index (χ4n) is 4.87. The van der Waals surface area contributed by atoms with Crippen LogP contribution in [-0.2, 0) is 9.53 Å². The van der Waals surface area contributed by atoms with Crippen molar-refractivity contribution in [2.75, 3.05) is 57.5 Å². The average Bonchev–Trinajstić information content (AvgIpc) is 3.33. The maximum absolute atomic E-state index is 13.2. The number of amides is 1. The molecule has 1 N–H and O–H groups in total. The first-order valence-electron chi connectivity index (χ1n) is 11.8.